The molecule has 6 heteroatoms. The Labute approximate surface area is 161 Å². The second-order valence-electron chi connectivity index (χ2n) is 7.02. The summed E-state index contributed by atoms with van der Waals surface area (Å²) in [5.41, 5.74) is 2.31. The number of anilines is 2. The molecule has 0 saturated carbocycles. The molecule has 0 unspecified atom stereocenters. The zero-order chi connectivity index (χ0) is 19.3. The van der Waals surface area contributed by atoms with Crippen LogP contribution in [-0.4, -0.2) is 17.9 Å². The van der Waals surface area contributed by atoms with Gasteiger partial charge in [-0.05, 0) is 48.9 Å². The first kappa shape index (κ1) is 16.8. The van der Waals surface area contributed by atoms with Gasteiger partial charge in [0.05, 0.1) is 17.6 Å². The first-order chi connectivity index (χ1) is 13.6. The van der Waals surface area contributed by atoms with E-state index in [1.807, 2.05) is 55.5 Å². The largest absolute Gasteiger partial charge is 0.467 e. The number of nitrogens with zero attached hydrogens (tertiary/aromatic N) is 2. The molecule has 140 valence electrons. The van der Waals surface area contributed by atoms with Crippen molar-refractivity contribution in [3.8, 4) is 0 Å². The number of benzene rings is 2. The summed E-state index contributed by atoms with van der Waals surface area (Å²) in [5.74, 6) is -0.723. The monoisotopic (exact) mass is 374 g/mol. The zero-order valence-electron chi connectivity index (χ0n) is 15.2. The van der Waals surface area contributed by atoms with Gasteiger partial charge in [0.25, 0.3) is 5.91 Å². The molecule has 0 N–H and O–H groups in total. The van der Waals surface area contributed by atoms with Crippen LogP contribution in [0.2, 0.25) is 0 Å². The highest BCUT2D eigenvalue weighted by molar-refractivity contribution is 6.23. The van der Waals surface area contributed by atoms with E-state index in [1.54, 1.807) is 29.5 Å². The summed E-state index contributed by atoms with van der Waals surface area (Å²) < 4.78 is 5.62. The van der Waals surface area contributed by atoms with Crippen LogP contribution >= 0.6 is 0 Å². The van der Waals surface area contributed by atoms with E-state index >= 15 is 0 Å². The fourth-order valence-corrected chi connectivity index (χ4v) is 3.98. The summed E-state index contributed by atoms with van der Waals surface area (Å²) in [6, 6.07) is 19.8. The van der Waals surface area contributed by atoms with Crippen LogP contribution in [0, 0.1) is 12.8 Å². The molecule has 1 aromatic heterocycles. The molecule has 0 radical (unpaired) electrons. The lowest BCUT2D eigenvalue weighted by Gasteiger charge is -2.27. The maximum Gasteiger partial charge on any atom is 0.266 e. The molecule has 5 rings (SSSR count). The number of hydrogen-bond donors (Lipinski definition) is 0. The van der Waals surface area contributed by atoms with Gasteiger partial charge < -0.3 is 4.42 Å². The van der Waals surface area contributed by atoms with Crippen LogP contribution in [0.15, 0.2) is 77.4 Å². The van der Waals surface area contributed by atoms with Crippen molar-refractivity contribution in [3.63, 3.8) is 0 Å². The normalized spacial score (nSPS) is 24.1. The molecule has 28 heavy (non-hydrogen) atoms. The third-order valence-electron chi connectivity index (χ3n) is 5.22. The molecule has 2 aromatic carbocycles. The maximum absolute atomic E-state index is 13.3. The standard InChI is InChI=1S/C22H18N2O4/c1-14-7-5-10-16(13-14)23-21(25)18-19(17-11-6-12-27-17)24(28-20(18)22(23)26)15-8-3-2-4-9-15/h2-13,18-20H,1H3/t18-,19-,20+/m0/s1. The summed E-state index contributed by atoms with van der Waals surface area (Å²) in [7, 11) is 0. The quantitative estimate of drug-likeness (QED) is 0.655. The fourth-order valence-electron chi connectivity index (χ4n) is 3.98. The Bertz CT molecular complexity index is 1030. The molecule has 0 aliphatic carbocycles. The molecule has 0 bridgehead atoms. The average molecular weight is 374 g/mol. The molecule has 2 aliphatic heterocycles. The number of carbonyl (C=O) groups is 2. The highest BCUT2D eigenvalue weighted by atomic mass is 16.7. The van der Waals surface area contributed by atoms with Gasteiger partial charge in [0, 0.05) is 0 Å². The Balaban J connectivity index is 1.57. The summed E-state index contributed by atoms with van der Waals surface area (Å²) in [6.45, 7) is 1.93. The number of para-hydroxylation sites is 1. The van der Waals surface area contributed by atoms with Gasteiger partial charge in [-0.1, -0.05) is 30.3 Å². The Hall–Kier alpha value is -3.38. The Morgan fingerprint density at radius 2 is 1.64 bits per heavy atom. The smallest absolute Gasteiger partial charge is 0.266 e. The number of hydrogen-bond acceptors (Lipinski definition) is 5. The molecule has 3 atom stereocenters. The molecule has 2 aliphatic rings. The lowest BCUT2D eigenvalue weighted by Crippen LogP contribution is -2.37. The number of fused-ring (bicyclic) bond motifs is 1. The molecule has 2 saturated heterocycles. The van der Waals surface area contributed by atoms with Crippen molar-refractivity contribution in [1.29, 1.82) is 0 Å². The molecule has 0 spiro atoms. The van der Waals surface area contributed by atoms with Gasteiger partial charge >= 0.3 is 0 Å². The summed E-state index contributed by atoms with van der Waals surface area (Å²) in [4.78, 5) is 33.7. The lowest BCUT2D eigenvalue weighted by molar-refractivity contribution is -0.126. The van der Waals surface area contributed by atoms with E-state index in [4.69, 9.17) is 9.25 Å². The van der Waals surface area contributed by atoms with Crippen LogP contribution in [0.25, 0.3) is 0 Å². The first-order valence-electron chi connectivity index (χ1n) is 9.14. The van der Waals surface area contributed by atoms with Crippen molar-refractivity contribution in [2.24, 2.45) is 5.92 Å². The number of rotatable bonds is 3. The topological polar surface area (TPSA) is 63.0 Å². The summed E-state index contributed by atoms with van der Waals surface area (Å²) in [6.07, 6.45) is 0.675. The Morgan fingerprint density at radius 3 is 2.36 bits per heavy atom. The van der Waals surface area contributed by atoms with Crippen LogP contribution in [0.5, 0.6) is 0 Å². The third-order valence-corrected chi connectivity index (χ3v) is 5.22. The van der Waals surface area contributed by atoms with E-state index in [-0.39, 0.29) is 11.8 Å². The van der Waals surface area contributed by atoms with Gasteiger partial charge in [0.15, 0.2) is 6.10 Å². The van der Waals surface area contributed by atoms with Crippen molar-refractivity contribution in [2.75, 3.05) is 9.96 Å². The lowest BCUT2D eigenvalue weighted by atomic mass is 9.94. The van der Waals surface area contributed by atoms with Crippen LogP contribution < -0.4 is 9.96 Å². The number of amides is 2. The van der Waals surface area contributed by atoms with Crippen molar-refractivity contribution >= 4 is 23.2 Å². The van der Waals surface area contributed by atoms with Crippen molar-refractivity contribution in [2.45, 2.75) is 19.1 Å². The molecule has 3 heterocycles. The fraction of sp³-hybridized carbons (Fsp3) is 0.182. The maximum atomic E-state index is 13.3. The van der Waals surface area contributed by atoms with E-state index in [2.05, 4.69) is 0 Å². The highest BCUT2D eigenvalue weighted by Crippen LogP contribution is 2.47. The number of carbonyl (C=O) groups excluding carboxylic acids is 2. The van der Waals surface area contributed by atoms with Gasteiger partial charge in [0.2, 0.25) is 5.91 Å². The van der Waals surface area contributed by atoms with Crippen molar-refractivity contribution < 1.29 is 18.8 Å². The van der Waals surface area contributed by atoms with Gasteiger partial charge in [-0.2, -0.15) is 0 Å². The van der Waals surface area contributed by atoms with Crippen molar-refractivity contribution in [3.05, 3.63) is 84.3 Å². The second-order valence-corrected chi connectivity index (χ2v) is 7.02. The van der Waals surface area contributed by atoms with E-state index in [0.717, 1.165) is 11.3 Å². The minimum Gasteiger partial charge on any atom is -0.467 e. The number of furan rings is 1. The predicted octanol–water partition coefficient (Wildman–Crippen LogP) is 3.64. The molecule has 2 fully saturated rings. The zero-order valence-corrected chi connectivity index (χ0v) is 15.2. The van der Waals surface area contributed by atoms with Crippen LogP contribution in [0.4, 0.5) is 11.4 Å². The minimum atomic E-state index is -0.886. The number of imide groups is 1. The van der Waals surface area contributed by atoms with E-state index in [9.17, 15) is 9.59 Å². The SMILES string of the molecule is Cc1cccc(N2C(=O)[C@@H]3[C@@H](ON(c4ccccc4)[C@H]3c3ccco3)C2=O)c1. The summed E-state index contributed by atoms with van der Waals surface area (Å²) in [5, 5.41) is 1.62. The van der Waals surface area contributed by atoms with E-state index in [0.29, 0.717) is 11.4 Å². The molecular weight excluding hydrogens is 356 g/mol. The van der Waals surface area contributed by atoms with E-state index in [1.165, 1.54) is 4.90 Å². The van der Waals surface area contributed by atoms with Crippen LogP contribution in [0.3, 0.4) is 0 Å². The molecule has 2 amide bonds. The number of aryl methyl sites for hydroxylation is 1. The minimum absolute atomic E-state index is 0.277. The van der Waals surface area contributed by atoms with Crippen LogP contribution in [0.1, 0.15) is 17.4 Å². The molecule has 3 aromatic rings. The van der Waals surface area contributed by atoms with Gasteiger partial charge in [-0.25, -0.2) is 9.96 Å². The van der Waals surface area contributed by atoms with Gasteiger partial charge in [-0.3, -0.25) is 14.4 Å². The van der Waals surface area contributed by atoms with E-state index < -0.39 is 18.1 Å². The number of hydroxylamine groups is 1. The first-order valence-corrected chi connectivity index (χ1v) is 9.14. The summed E-state index contributed by atoms with van der Waals surface area (Å²) >= 11 is 0. The van der Waals surface area contributed by atoms with Gasteiger partial charge in [0.1, 0.15) is 17.7 Å². The molecular formula is C22H18N2O4. The molecule has 6 nitrogen and oxygen atoms in total. The Kier molecular flexibility index (Phi) is 3.80. The second kappa shape index (κ2) is 6.35. The highest BCUT2D eigenvalue weighted by Gasteiger charge is 2.61. The van der Waals surface area contributed by atoms with Crippen LogP contribution in [-0.2, 0) is 14.4 Å². The Morgan fingerprint density at radius 1 is 0.857 bits per heavy atom. The third kappa shape index (κ3) is 2.46. The average Bonchev–Trinajstić information content (AvgIpc) is 3.40. The van der Waals surface area contributed by atoms with Gasteiger partial charge in [-0.15, -0.1) is 0 Å². The van der Waals surface area contributed by atoms with Crippen molar-refractivity contribution in [1.82, 2.24) is 0 Å². The predicted molar refractivity (Wildman–Crippen MR) is 102 cm³/mol.